The predicted octanol–water partition coefficient (Wildman–Crippen LogP) is 4.32. The van der Waals surface area contributed by atoms with Crippen molar-refractivity contribution in [2.45, 2.75) is 39.0 Å². The van der Waals surface area contributed by atoms with Gasteiger partial charge in [-0.2, -0.15) is 0 Å². The van der Waals surface area contributed by atoms with Gasteiger partial charge in [0.15, 0.2) is 6.61 Å². The van der Waals surface area contributed by atoms with E-state index in [0.717, 1.165) is 31.4 Å². The molecule has 1 N–H and O–H groups in total. The SMILES string of the molecule is Cc1ccc(OCCN2C(=O)COc3cc(NC(=O)C4CCCCC4)ccc32)cc1. The Hall–Kier alpha value is -3.02. The molecule has 2 amide bonds. The van der Waals surface area contributed by atoms with Gasteiger partial charge in [-0.15, -0.1) is 0 Å². The van der Waals surface area contributed by atoms with Crippen molar-refractivity contribution in [1.82, 2.24) is 0 Å². The third-order valence-corrected chi connectivity index (χ3v) is 5.75. The number of fused-ring (bicyclic) bond motifs is 1. The van der Waals surface area contributed by atoms with Gasteiger partial charge in [0.1, 0.15) is 18.1 Å². The Bertz CT molecular complexity index is 904. The summed E-state index contributed by atoms with van der Waals surface area (Å²) in [5, 5.41) is 3.01. The van der Waals surface area contributed by atoms with Crippen LogP contribution in [-0.2, 0) is 9.59 Å². The molecule has 1 saturated carbocycles. The molecule has 0 spiro atoms. The fourth-order valence-corrected chi connectivity index (χ4v) is 4.03. The van der Waals surface area contributed by atoms with Crippen LogP contribution in [0.1, 0.15) is 37.7 Å². The Labute approximate surface area is 177 Å². The fourth-order valence-electron chi connectivity index (χ4n) is 4.03. The maximum atomic E-state index is 12.5. The summed E-state index contributed by atoms with van der Waals surface area (Å²) < 4.78 is 11.4. The van der Waals surface area contributed by atoms with Gasteiger partial charge in [0, 0.05) is 17.7 Å². The molecule has 30 heavy (non-hydrogen) atoms. The number of anilines is 2. The topological polar surface area (TPSA) is 67.9 Å². The Morgan fingerprint density at radius 1 is 1.13 bits per heavy atom. The highest BCUT2D eigenvalue weighted by molar-refractivity contribution is 5.99. The van der Waals surface area contributed by atoms with E-state index in [4.69, 9.17) is 9.47 Å². The van der Waals surface area contributed by atoms with Crippen LogP contribution in [0.25, 0.3) is 0 Å². The summed E-state index contributed by atoms with van der Waals surface area (Å²) >= 11 is 0. The van der Waals surface area contributed by atoms with Crippen LogP contribution in [-0.4, -0.2) is 31.6 Å². The zero-order valence-electron chi connectivity index (χ0n) is 17.4. The van der Waals surface area contributed by atoms with Gasteiger partial charge < -0.3 is 19.7 Å². The molecule has 2 aromatic carbocycles. The number of ether oxygens (including phenoxy) is 2. The number of amides is 2. The molecule has 2 aliphatic rings. The van der Waals surface area contributed by atoms with Crippen LogP contribution < -0.4 is 19.7 Å². The molecule has 1 heterocycles. The van der Waals surface area contributed by atoms with E-state index in [2.05, 4.69) is 5.32 Å². The van der Waals surface area contributed by atoms with E-state index in [0.29, 0.717) is 30.3 Å². The van der Waals surface area contributed by atoms with E-state index >= 15 is 0 Å². The molecule has 0 saturated heterocycles. The van der Waals surface area contributed by atoms with Crippen LogP contribution in [0.4, 0.5) is 11.4 Å². The summed E-state index contributed by atoms with van der Waals surface area (Å²) in [5.74, 6) is 1.44. The smallest absolute Gasteiger partial charge is 0.265 e. The van der Waals surface area contributed by atoms with Gasteiger partial charge >= 0.3 is 0 Å². The molecular weight excluding hydrogens is 380 g/mol. The standard InChI is InChI=1S/C24H28N2O4/c1-17-7-10-20(11-8-17)29-14-13-26-21-12-9-19(15-22(21)30-16-23(26)27)25-24(28)18-5-3-2-4-6-18/h7-12,15,18H,2-6,13-14,16H2,1H3,(H,25,28). The van der Waals surface area contributed by atoms with Crippen LogP contribution >= 0.6 is 0 Å². The van der Waals surface area contributed by atoms with Crippen LogP contribution in [0.5, 0.6) is 11.5 Å². The van der Waals surface area contributed by atoms with Gasteiger partial charge in [0.2, 0.25) is 5.91 Å². The molecule has 0 atom stereocenters. The molecule has 158 valence electrons. The number of carbonyl (C=O) groups excluding carboxylic acids is 2. The average molecular weight is 408 g/mol. The van der Waals surface area contributed by atoms with Crippen molar-refractivity contribution in [1.29, 1.82) is 0 Å². The van der Waals surface area contributed by atoms with Crippen LogP contribution in [0.2, 0.25) is 0 Å². The first-order valence-corrected chi connectivity index (χ1v) is 10.7. The van der Waals surface area contributed by atoms with Gasteiger partial charge in [-0.1, -0.05) is 37.0 Å². The number of benzene rings is 2. The maximum Gasteiger partial charge on any atom is 0.265 e. The minimum Gasteiger partial charge on any atom is -0.492 e. The Kier molecular flexibility index (Phi) is 6.21. The predicted molar refractivity (Wildman–Crippen MR) is 116 cm³/mol. The van der Waals surface area contributed by atoms with Gasteiger partial charge in [-0.3, -0.25) is 9.59 Å². The third-order valence-electron chi connectivity index (χ3n) is 5.75. The van der Waals surface area contributed by atoms with Crippen LogP contribution in [0, 0.1) is 12.8 Å². The second-order valence-corrected chi connectivity index (χ2v) is 8.00. The van der Waals surface area contributed by atoms with Gasteiger partial charge in [0.05, 0.1) is 12.2 Å². The molecule has 6 nitrogen and oxygen atoms in total. The normalized spacial score (nSPS) is 16.6. The zero-order chi connectivity index (χ0) is 20.9. The van der Waals surface area contributed by atoms with Gasteiger partial charge in [-0.05, 0) is 44.0 Å². The first-order valence-electron chi connectivity index (χ1n) is 10.7. The number of hydrogen-bond acceptors (Lipinski definition) is 4. The fraction of sp³-hybridized carbons (Fsp3) is 0.417. The molecule has 6 heteroatoms. The second-order valence-electron chi connectivity index (χ2n) is 8.00. The molecule has 0 aromatic heterocycles. The molecule has 2 aromatic rings. The lowest BCUT2D eigenvalue weighted by Gasteiger charge is -2.30. The van der Waals surface area contributed by atoms with E-state index in [-0.39, 0.29) is 24.3 Å². The Morgan fingerprint density at radius 3 is 2.67 bits per heavy atom. The molecule has 1 aliphatic heterocycles. The summed E-state index contributed by atoms with van der Waals surface area (Å²) in [7, 11) is 0. The minimum absolute atomic E-state index is 0.0163. The van der Waals surface area contributed by atoms with E-state index in [9.17, 15) is 9.59 Å². The first kappa shape index (κ1) is 20.3. The van der Waals surface area contributed by atoms with Crippen molar-refractivity contribution < 1.29 is 19.1 Å². The lowest BCUT2D eigenvalue weighted by atomic mass is 9.88. The van der Waals surface area contributed by atoms with Crippen molar-refractivity contribution in [3.8, 4) is 11.5 Å². The highest BCUT2D eigenvalue weighted by atomic mass is 16.5. The highest BCUT2D eigenvalue weighted by Crippen LogP contribution is 2.35. The van der Waals surface area contributed by atoms with Crippen molar-refractivity contribution in [2.24, 2.45) is 5.92 Å². The van der Waals surface area contributed by atoms with Crippen molar-refractivity contribution in [3.63, 3.8) is 0 Å². The number of carbonyl (C=O) groups is 2. The Morgan fingerprint density at radius 2 is 1.90 bits per heavy atom. The summed E-state index contributed by atoms with van der Waals surface area (Å²) in [4.78, 5) is 26.6. The second kappa shape index (κ2) is 9.20. The zero-order valence-corrected chi connectivity index (χ0v) is 17.4. The quantitative estimate of drug-likeness (QED) is 0.773. The molecule has 4 rings (SSSR count). The van der Waals surface area contributed by atoms with Crippen molar-refractivity contribution in [2.75, 3.05) is 30.0 Å². The average Bonchev–Trinajstić information content (AvgIpc) is 2.77. The van der Waals surface area contributed by atoms with Gasteiger partial charge in [-0.25, -0.2) is 0 Å². The summed E-state index contributed by atoms with van der Waals surface area (Å²) in [5.41, 5.74) is 2.58. The lowest BCUT2D eigenvalue weighted by Crippen LogP contribution is -2.41. The number of nitrogens with one attached hydrogen (secondary N) is 1. The molecule has 0 bridgehead atoms. The molecule has 0 radical (unpaired) electrons. The van der Waals surface area contributed by atoms with Crippen molar-refractivity contribution >= 4 is 23.2 Å². The van der Waals surface area contributed by atoms with Gasteiger partial charge in [0.25, 0.3) is 5.91 Å². The lowest BCUT2D eigenvalue weighted by molar-refractivity contribution is -0.122. The minimum atomic E-state index is -0.103. The van der Waals surface area contributed by atoms with Crippen LogP contribution in [0.15, 0.2) is 42.5 Å². The van der Waals surface area contributed by atoms with E-state index < -0.39 is 0 Å². The number of hydrogen-bond donors (Lipinski definition) is 1. The van der Waals surface area contributed by atoms with Crippen molar-refractivity contribution in [3.05, 3.63) is 48.0 Å². The summed E-state index contributed by atoms with van der Waals surface area (Å²) in [6, 6.07) is 13.3. The summed E-state index contributed by atoms with van der Waals surface area (Å²) in [6.07, 6.45) is 5.36. The maximum absolute atomic E-state index is 12.5. The Balaban J connectivity index is 1.39. The molecular formula is C24H28N2O4. The number of nitrogens with zero attached hydrogens (tertiary/aromatic N) is 1. The largest absolute Gasteiger partial charge is 0.492 e. The van der Waals surface area contributed by atoms with E-state index in [1.54, 1.807) is 11.0 Å². The monoisotopic (exact) mass is 408 g/mol. The molecule has 1 fully saturated rings. The number of aryl methyl sites for hydroxylation is 1. The third kappa shape index (κ3) is 4.75. The molecule has 1 aliphatic carbocycles. The van der Waals surface area contributed by atoms with E-state index in [1.807, 2.05) is 43.3 Å². The van der Waals surface area contributed by atoms with Crippen LogP contribution in [0.3, 0.4) is 0 Å². The summed E-state index contributed by atoms with van der Waals surface area (Å²) in [6.45, 7) is 2.82. The highest BCUT2D eigenvalue weighted by Gasteiger charge is 2.26. The van der Waals surface area contributed by atoms with E-state index in [1.165, 1.54) is 12.0 Å². The first-order chi connectivity index (χ1) is 14.6. The molecule has 0 unspecified atom stereocenters. The number of rotatable bonds is 6.